The highest BCUT2D eigenvalue weighted by molar-refractivity contribution is 7.85. The summed E-state index contributed by atoms with van der Waals surface area (Å²) >= 11 is 0. The summed E-state index contributed by atoms with van der Waals surface area (Å²) in [5, 5.41) is 0. The van der Waals surface area contributed by atoms with Gasteiger partial charge in [-0.3, -0.25) is 4.55 Å². The van der Waals surface area contributed by atoms with Crippen LogP contribution >= 0.6 is 0 Å². The molecule has 3 rings (SSSR count). The fraction of sp³-hybridized carbons (Fsp3) is 0.348. The van der Waals surface area contributed by atoms with Crippen molar-refractivity contribution in [1.82, 2.24) is 0 Å². The molecule has 0 aliphatic heterocycles. The van der Waals surface area contributed by atoms with Gasteiger partial charge in [-0.05, 0) is 56.0 Å². The molecule has 1 aliphatic carbocycles. The Morgan fingerprint density at radius 2 is 1.74 bits per heavy atom. The first kappa shape index (κ1) is 25.4. The quantitative estimate of drug-likeness (QED) is 0.344. The largest absolute Gasteiger partial charge is 0.573 e. The van der Waals surface area contributed by atoms with Crippen molar-refractivity contribution >= 4 is 16.1 Å². The van der Waals surface area contributed by atoms with Gasteiger partial charge in [0.1, 0.15) is 12.4 Å². The topological polar surface area (TPSA) is 99.1 Å². The van der Waals surface area contributed by atoms with Gasteiger partial charge in [0.2, 0.25) is 0 Å². The van der Waals surface area contributed by atoms with Gasteiger partial charge in [-0.1, -0.05) is 30.0 Å². The van der Waals surface area contributed by atoms with Gasteiger partial charge in [0.25, 0.3) is 10.1 Å². The fourth-order valence-corrected chi connectivity index (χ4v) is 3.66. The molecular formula is C23H21F3O7S. The molecule has 2 aromatic rings. The molecule has 0 atom stereocenters. The summed E-state index contributed by atoms with van der Waals surface area (Å²) in [6.45, 7) is -0.638. The normalized spacial score (nSPS) is 15.2. The Morgan fingerprint density at radius 3 is 2.35 bits per heavy atom. The third-order valence-electron chi connectivity index (χ3n) is 4.90. The summed E-state index contributed by atoms with van der Waals surface area (Å²) in [5.41, 5.74) is -0.572. The molecule has 0 amide bonds. The van der Waals surface area contributed by atoms with Crippen LogP contribution in [0.5, 0.6) is 11.5 Å². The predicted molar refractivity (Wildman–Crippen MR) is 115 cm³/mol. The second kappa shape index (κ2) is 10.4. The predicted octanol–water partition coefficient (Wildman–Crippen LogP) is 4.37. The number of halogens is 3. The fourth-order valence-electron chi connectivity index (χ4n) is 3.36. The Bertz CT molecular complexity index is 1180. The second-order valence-electron chi connectivity index (χ2n) is 7.55. The lowest BCUT2D eigenvalue weighted by Gasteiger charge is -2.26. The molecule has 0 radical (unpaired) electrons. The molecule has 1 N–H and O–H groups in total. The van der Waals surface area contributed by atoms with E-state index in [0.29, 0.717) is 18.4 Å². The smallest absolute Gasteiger partial charge is 0.471 e. The van der Waals surface area contributed by atoms with Gasteiger partial charge in [-0.15, -0.1) is 13.2 Å². The summed E-state index contributed by atoms with van der Waals surface area (Å²) in [5.74, 6) is 3.17. The molecule has 0 heterocycles. The van der Waals surface area contributed by atoms with Crippen molar-refractivity contribution in [2.24, 2.45) is 0 Å². The number of esters is 1. The monoisotopic (exact) mass is 498 g/mol. The minimum absolute atomic E-state index is 0.191. The number of carbonyl (C=O) groups is 1. The summed E-state index contributed by atoms with van der Waals surface area (Å²) < 4.78 is 84.0. The number of carbonyl (C=O) groups excluding carboxylic acids is 1. The van der Waals surface area contributed by atoms with Crippen LogP contribution in [0.4, 0.5) is 13.2 Å². The zero-order valence-electron chi connectivity index (χ0n) is 17.8. The number of alkyl halides is 3. The van der Waals surface area contributed by atoms with Gasteiger partial charge < -0.3 is 14.2 Å². The third-order valence-corrected chi connectivity index (χ3v) is 5.59. The molecule has 1 aliphatic rings. The lowest BCUT2D eigenvalue weighted by molar-refractivity contribution is -0.275. The number of hydrogen-bond donors (Lipinski definition) is 1. The van der Waals surface area contributed by atoms with Crippen molar-refractivity contribution in [2.75, 3.05) is 12.4 Å². The Hall–Kier alpha value is -3.23. The summed E-state index contributed by atoms with van der Waals surface area (Å²) in [6, 6.07) is 12.0. The van der Waals surface area contributed by atoms with E-state index in [1.54, 1.807) is 24.3 Å². The first-order chi connectivity index (χ1) is 15.9. The Morgan fingerprint density at radius 1 is 1.06 bits per heavy atom. The number of ether oxygens (including phenoxy) is 3. The van der Waals surface area contributed by atoms with Gasteiger partial charge in [-0.2, -0.15) is 8.42 Å². The average Bonchev–Trinajstić information content (AvgIpc) is 3.21. The maximum absolute atomic E-state index is 13.0. The van der Waals surface area contributed by atoms with E-state index in [1.165, 1.54) is 0 Å². The van der Waals surface area contributed by atoms with Gasteiger partial charge in [0.05, 0.1) is 5.56 Å². The minimum atomic E-state index is -5.01. The zero-order valence-corrected chi connectivity index (χ0v) is 18.6. The van der Waals surface area contributed by atoms with Gasteiger partial charge in [0, 0.05) is 5.56 Å². The van der Waals surface area contributed by atoms with Crippen LogP contribution < -0.4 is 9.47 Å². The van der Waals surface area contributed by atoms with Gasteiger partial charge in [0.15, 0.2) is 17.1 Å². The van der Waals surface area contributed by atoms with Crippen LogP contribution in [0.1, 0.15) is 41.6 Å². The third kappa shape index (κ3) is 7.67. The first-order valence-electron chi connectivity index (χ1n) is 10.2. The van der Waals surface area contributed by atoms with E-state index < -0.39 is 46.2 Å². The highest BCUT2D eigenvalue weighted by Crippen LogP contribution is 2.40. The lowest BCUT2D eigenvalue weighted by Crippen LogP contribution is -2.31. The van der Waals surface area contributed by atoms with Crippen LogP contribution in [0.15, 0.2) is 48.5 Å². The molecule has 0 spiro atoms. The van der Waals surface area contributed by atoms with Gasteiger partial charge >= 0.3 is 12.3 Å². The molecule has 0 bridgehead atoms. The van der Waals surface area contributed by atoms with E-state index in [0.717, 1.165) is 31.0 Å². The molecule has 2 aromatic carbocycles. The lowest BCUT2D eigenvalue weighted by atomic mass is 10.0. The molecule has 34 heavy (non-hydrogen) atoms. The van der Waals surface area contributed by atoms with Crippen LogP contribution in [0, 0.1) is 11.8 Å². The highest BCUT2D eigenvalue weighted by atomic mass is 32.2. The van der Waals surface area contributed by atoms with Crippen LogP contribution in [-0.4, -0.2) is 43.3 Å². The van der Waals surface area contributed by atoms with Crippen molar-refractivity contribution in [1.29, 1.82) is 0 Å². The molecule has 182 valence electrons. The van der Waals surface area contributed by atoms with E-state index in [4.69, 9.17) is 14.0 Å². The molecular weight excluding hydrogens is 477 g/mol. The highest BCUT2D eigenvalue weighted by Gasteiger charge is 2.38. The van der Waals surface area contributed by atoms with Crippen molar-refractivity contribution in [3.63, 3.8) is 0 Å². The second-order valence-corrected chi connectivity index (χ2v) is 9.12. The Kier molecular flexibility index (Phi) is 7.74. The van der Waals surface area contributed by atoms with Crippen LogP contribution in [0.3, 0.4) is 0 Å². The molecule has 0 aromatic heterocycles. The van der Waals surface area contributed by atoms with Crippen molar-refractivity contribution in [2.45, 2.75) is 37.6 Å². The minimum Gasteiger partial charge on any atom is -0.471 e. The van der Waals surface area contributed by atoms with E-state index in [1.807, 2.05) is 6.07 Å². The summed E-state index contributed by atoms with van der Waals surface area (Å²) in [6.07, 6.45) is -2.59. The Balaban J connectivity index is 1.90. The van der Waals surface area contributed by atoms with Crippen LogP contribution in [0.2, 0.25) is 0 Å². The number of hydrogen-bond acceptors (Lipinski definition) is 6. The molecule has 0 saturated heterocycles. The molecule has 11 heteroatoms. The maximum atomic E-state index is 13.0. The molecule has 0 unspecified atom stereocenters. The zero-order chi connectivity index (χ0) is 24.8. The van der Waals surface area contributed by atoms with Crippen LogP contribution in [0.25, 0.3) is 0 Å². The maximum Gasteiger partial charge on any atom is 0.573 e. The standard InChI is InChI=1S/C23H21F3O7S/c24-23(25,26)33-19-9-8-18(21(27)31-14-15-34(28,29)30)16-20(19)32-22(11-4-5-12-22)13-10-17-6-2-1-3-7-17/h1-3,6-9,16H,4-5,11-12,14-15H2,(H,28,29,30). The van der Waals surface area contributed by atoms with E-state index >= 15 is 0 Å². The molecule has 7 nitrogen and oxygen atoms in total. The van der Waals surface area contributed by atoms with Crippen molar-refractivity contribution < 1.29 is 45.1 Å². The summed E-state index contributed by atoms with van der Waals surface area (Å²) in [4.78, 5) is 12.3. The average molecular weight is 498 g/mol. The SMILES string of the molecule is O=C(OCCS(=O)(=O)O)c1ccc(OC(F)(F)F)c(OC2(C#Cc3ccccc3)CCCC2)c1. The van der Waals surface area contributed by atoms with Crippen molar-refractivity contribution in [3.05, 3.63) is 59.7 Å². The van der Waals surface area contributed by atoms with E-state index in [2.05, 4.69) is 16.6 Å². The summed E-state index contributed by atoms with van der Waals surface area (Å²) in [7, 11) is -4.35. The van der Waals surface area contributed by atoms with Crippen molar-refractivity contribution in [3.8, 4) is 23.3 Å². The van der Waals surface area contributed by atoms with Crippen LogP contribution in [-0.2, 0) is 14.9 Å². The first-order valence-corrected chi connectivity index (χ1v) is 11.8. The van der Waals surface area contributed by atoms with E-state index in [9.17, 15) is 26.4 Å². The molecule has 1 saturated carbocycles. The molecule has 1 fully saturated rings. The number of benzene rings is 2. The number of rotatable bonds is 7. The van der Waals surface area contributed by atoms with Gasteiger partial charge in [-0.25, -0.2) is 4.79 Å². The van der Waals surface area contributed by atoms with E-state index in [-0.39, 0.29) is 11.3 Å². The Labute approximate surface area is 194 Å².